The molecule has 0 unspecified atom stereocenters. The van der Waals surface area contributed by atoms with Crippen LogP contribution in [0.1, 0.15) is 84.5 Å². The number of nitrogens with zero attached hydrogens (tertiary/aromatic N) is 3. The van der Waals surface area contributed by atoms with Gasteiger partial charge in [0.25, 0.3) is 11.8 Å². The zero-order valence-electron chi connectivity index (χ0n) is 20.6. The minimum atomic E-state index is -1.06. The van der Waals surface area contributed by atoms with E-state index in [1.54, 1.807) is 4.90 Å². The lowest BCUT2D eigenvalue weighted by molar-refractivity contribution is -0.133. The summed E-state index contributed by atoms with van der Waals surface area (Å²) < 4.78 is 1.52. The maximum Gasteiger partial charge on any atom is 0.276 e. The van der Waals surface area contributed by atoms with Gasteiger partial charge in [0.2, 0.25) is 5.91 Å². The van der Waals surface area contributed by atoms with Crippen molar-refractivity contribution in [2.75, 3.05) is 11.9 Å². The molecule has 1 aliphatic heterocycles. The van der Waals surface area contributed by atoms with Crippen LogP contribution in [0.3, 0.4) is 0 Å². The smallest absolute Gasteiger partial charge is 0.276 e. The molecule has 8 heteroatoms. The first-order chi connectivity index (χ1) is 16.2. The van der Waals surface area contributed by atoms with Crippen LogP contribution in [0.2, 0.25) is 0 Å². The molecule has 0 spiro atoms. The Kier molecular flexibility index (Phi) is 6.77. The number of hydrogen-bond donors (Lipinski definition) is 2. The second-order valence-corrected chi connectivity index (χ2v) is 9.81. The Morgan fingerprint density at radius 1 is 1.21 bits per heavy atom. The molecule has 1 aromatic heterocycles. The van der Waals surface area contributed by atoms with Crippen molar-refractivity contribution in [3.05, 3.63) is 46.8 Å². The summed E-state index contributed by atoms with van der Waals surface area (Å²) in [4.78, 5) is 41.6. The molecule has 1 saturated carbocycles. The number of aromatic nitrogens is 2. The van der Waals surface area contributed by atoms with Crippen LogP contribution in [-0.4, -0.2) is 50.5 Å². The van der Waals surface area contributed by atoms with Gasteiger partial charge in [-0.25, -0.2) is 0 Å². The van der Waals surface area contributed by atoms with Gasteiger partial charge in [0.1, 0.15) is 11.2 Å². The third kappa shape index (κ3) is 4.45. The van der Waals surface area contributed by atoms with Gasteiger partial charge in [-0.15, -0.1) is 0 Å². The predicted octanol–water partition coefficient (Wildman–Crippen LogP) is 3.83. The van der Waals surface area contributed by atoms with Crippen molar-refractivity contribution in [2.24, 2.45) is 0 Å². The molecule has 1 aromatic carbocycles. The number of hydrogen-bond acceptors (Lipinski definition) is 4. The number of nitrogens with one attached hydrogen (secondary N) is 2. The molecule has 8 nitrogen and oxygen atoms in total. The first-order valence-corrected chi connectivity index (χ1v) is 12.3. The summed E-state index contributed by atoms with van der Waals surface area (Å²) in [6.07, 6.45) is 5.88. The van der Waals surface area contributed by atoms with Gasteiger partial charge in [-0.05, 0) is 57.2 Å². The molecule has 2 heterocycles. The standard InChI is InChI=1S/C26H35N5O3/c1-5-6-14-30-24(33)22-15-21(23(32)28-20-13-9-10-17(2)18(20)3)29-31(22)16-26(30,4)25(34)27-19-11-7-8-12-19/h9-10,13,15,19H,5-8,11-12,14,16H2,1-4H3,(H,27,34)(H,28,32)/t26-/m1/s1. The van der Waals surface area contributed by atoms with Crippen LogP contribution in [-0.2, 0) is 11.3 Å². The Morgan fingerprint density at radius 2 is 1.94 bits per heavy atom. The van der Waals surface area contributed by atoms with E-state index in [0.29, 0.717) is 17.9 Å². The lowest BCUT2D eigenvalue weighted by atomic mass is 9.94. The summed E-state index contributed by atoms with van der Waals surface area (Å²) in [6, 6.07) is 7.42. The highest BCUT2D eigenvalue weighted by Gasteiger charge is 2.48. The zero-order valence-corrected chi connectivity index (χ0v) is 20.6. The predicted molar refractivity (Wildman–Crippen MR) is 131 cm³/mol. The lowest BCUT2D eigenvalue weighted by Gasteiger charge is -2.43. The van der Waals surface area contributed by atoms with Crippen LogP contribution >= 0.6 is 0 Å². The lowest BCUT2D eigenvalue weighted by Crippen LogP contribution is -2.65. The van der Waals surface area contributed by atoms with Gasteiger partial charge in [0.05, 0.1) is 6.54 Å². The Balaban J connectivity index is 1.61. The van der Waals surface area contributed by atoms with E-state index in [2.05, 4.69) is 22.7 Å². The Hall–Kier alpha value is -3.16. The summed E-state index contributed by atoms with van der Waals surface area (Å²) in [6.45, 7) is 8.51. The highest BCUT2D eigenvalue weighted by molar-refractivity contribution is 6.06. The Bertz CT molecular complexity index is 1100. The average molecular weight is 466 g/mol. The molecule has 2 aliphatic rings. The number of aryl methyl sites for hydroxylation is 1. The minimum absolute atomic E-state index is 0.147. The van der Waals surface area contributed by atoms with Crippen LogP contribution < -0.4 is 10.6 Å². The van der Waals surface area contributed by atoms with E-state index in [4.69, 9.17) is 0 Å². The van der Waals surface area contributed by atoms with Crippen molar-refractivity contribution in [1.82, 2.24) is 20.0 Å². The summed E-state index contributed by atoms with van der Waals surface area (Å²) in [7, 11) is 0. The molecule has 2 aromatic rings. The second kappa shape index (κ2) is 9.60. The van der Waals surface area contributed by atoms with Crippen molar-refractivity contribution < 1.29 is 14.4 Å². The van der Waals surface area contributed by atoms with E-state index in [1.807, 2.05) is 39.0 Å². The van der Waals surface area contributed by atoms with Crippen LogP contribution in [0.15, 0.2) is 24.3 Å². The van der Waals surface area contributed by atoms with Gasteiger partial charge in [0, 0.05) is 24.3 Å². The summed E-state index contributed by atoms with van der Waals surface area (Å²) in [5.41, 5.74) is 2.22. The Morgan fingerprint density at radius 3 is 2.65 bits per heavy atom. The van der Waals surface area contributed by atoms with Gasteiger partial charge in [0.15, 0.2) is 5.69 Å². The number of benzene rings is 1. The fourth-order valence-corrected chi connectivity index (χ4v) is 4.90. The summed E-state index contributed by atoms with van der Waals surface area (Å²) in [5, 5.41) is 10.5. The first kappa shape index (κ1) is 24.0. The van der Waals surface area contributed by atoms with E-state index in [-0.39, 0.29) is 36.0 Å². The fraction of sp³-hybridized carbons (Fsp3) is 0.538. The van der Waals surface area contributed by atoms with Gasteiger partial charge < -0.3 is 15.5 Å². The van der Waals surface area contributed by atoms with Crippen LogP contribution in [0, 0.1) is 13.8 Å². The number of carbonyl (C=O) groups excluding carboxylic acids is 3. The fourth-order valence-electron chi connectivity index (χ4n) is 4.90. The first-order valence-electron chi connectivity index (χ1n) is 12.3. The minimum Gasteiger partial charge on any atom is -0.351 e. The number of anilines is 1. The number of carbonyl (C=O) groups is 3. The van der Waals surface area contributed by atoms with Crippen LogP contribution in [0.5, 0.6) is 0 Å². The van der Waals surface area contributed by atoms with Gasteiger partial charge in [-0.1, -0.05) is 38.3 Å². The molecule has 1 fully saturated rings. The van der Waals surface area contributed by atoms with Crippen molar-refractivity contribution in [3.8, 4) is 0 Å². The third-order valence-corrected chi connectivity index (χ3v) is 7.30. The molecular formula is C26H35N5O3. The molecule has 1 aliphatic carbocycles. The molecule has 0 bridgehead atoms. The third-order valence-electron chi connectivity index (χ3n) is 7.30. The average Bonchev–Trinajstić information content (AvgIpc) is 3.46. The van der Waals surface area contributed by atoms with E-state index in [9.17, 15) is 14.4 Å². The molecule has 4 rings (SSSR count). The maximum absolute atomic E-state index is 13.5. The Labute approximate surface area is 201 Å². The molecule has 182 valence electrons. The molecule has 3 amide bonds. The SMILES string of the molecule is CCCCN1C(=O)c2cc(C(=O)Nc3cccc(C)c3C)nn2C[C@]1(C)C(=O)NC1CCCC1. The topological polar surface area (TPSA) is 96.3 Å². The van der Waals surface area contributed by atoms with Crippen LogP contribution in [0.4, 0.5) is 5.69 Å². The number of rotatable bonds is 7. The molecule has 2 N–H and O–H groups in total. The second-order valence-electron chi connectivity index (χ2n) is 9.81. The molecule has 0 radical (unpaired) electrons. The summed E-state index contributed by atoms with van der Waals surface area (Å²) in [5.74, 6) is -0.783. The number of unbranched alkanes of at least 4 members (excludes halogenated alkanes) is 1. The van der Waals surface area contributed by atoms with Crippen LogP contribution in [0.25, 0.3) is 0 Å². The molecule has 34 heavy (non-hydrogen) atoms. The largest absolute Gasteiger partial charge is 0.351 e. The van der Waals surface area contributed by atoms with E-state index in [0.717, 1.165) is 49.7 Å². The van der Waals surface area contributed by atoms with Crippen molar-refractivity contribution in [2.45, 2.75) is 84.3 Å². The highest BCUT2D eigenvalue weighted by Crippen LogP contribution is 2.29. The number of amides is 3. The van der Waals surface area contributed by atoms with Crippen molar-refractivity contribution in [1.29, 1.82) is 0 Å². The quantitative estimate of drug-likeness (QED) is 0.650. The molecule has 0 saturated heterocycles. The number of fused-ring (bicyclic) bond motifs is 1. The monoisotopic (exact) mass is 465 g/mol. The molecule has 1 atom stereocenters. The van der Waals surface area contributed by atoms with Gasteiger partial charge in [-0.2, -0.15) is 5.10 Å². The highest BCUT2D eigenvalue weighted by atomic mass is 16.2. The van der Waals surface area contributed by atoms with Crippen molar-refractivity contribution in [3.63, 3.8) is 0 Å². The van der Waals surface area contributed by atoms with E-state index in [1.165, 1.54) is 10.7 Å². The van der Waals surface area contributed by atoms with E-state index < -0.39 is 5.54 Å². The van der Waals surface area contributed by atoms with Crippen molar-refractivity contribution >= 4 is 23.4 Å². The zero-order chi connectivity index (χ0) is 24.5. The normalized spacial score (nSPS) is 20.4. The summed E-state index contributed by atoms with van der Waals surface area (Å²) >= 11 is 0. The maximum atomic E-state index is 13.5. The molecular weight excluding hydrogens is 430 g/mol. The van der Waals surface area contributed by atoms with E-state index >= 15 is 0 Å². The van der Waals surface area contributed by atoms with Gasteiger partial charge in [-0.3, -0.25) is 19.1 Å². The van der Waals surface area contributed by atoms with Gasteiger partial charge >= 0.3 is 0 Å².